The molecule has 4 rings (SSSR count). The van der Waals surface area contributed by atoms with Crippen LogP contribution in [0.1, 0.15) is 86.1 Å². The molecule has 0 nitrogen and oxygen atoms in total. The van der Waals surface area contributed by atoms with Gasteiger partial charge in [0.25, 0.3) is 0 Å². The Bertz CT molecular complexity index is 1340. The molecule has 0 fully saturated rings. The smallest absolute Gasteiger partial charge is 0.00895 e. The van der Waals surface area contributed by atoms with E-state index in [9.17, 15) is 0 Å². The Labute approximate surface area is 279 Å². The maximum atomic E-state index is 2.63. The zero-order valence-corrected chi connectivity index (χ0v) is 32.4. The van der Waals surface area contributed by atoms with E-state index >= 15 is 0 Å². The molecule has 0 aliphatic heterocycles. The largest absolute Gasteiger partial charge is 0.0622 e. The highest BCUT2D eigenvalue weighted by Gasteiger charge is 2.52. The van der Waals surface area contributed by atoms with Crippen LogP contribution in [0.3, 0.4) is 0 Å². The van der Waals surface area contributed by atoms with Crippen LogP contribution < -0.4 is 21.2 Å². The number of hydrogen-bond acceptors (Lipinski definition) is 0. The van der Waals surface area contributed by atoms with E-state index < -0.39 is 15.8 Å². The van der Waals surface area contributed by atoms with Gasteiger partial charge in [0, 0.05) is 0 Å². The van der Waals surface area contributed by atoms with Gasteiger partial charge in [-0.3, -0.25) is 0 Å². The van der Waals surface area contributed by atoms with E-state index in [2.05, 4.69) is 170 Å². The number of rotatable bonds is 10. The molecule has 4 aromatic rings. The van der Waals surface area contributed by atoms with Crippen molar-refractivity contribution >= 4 is 37.1 Å². The maximum absolute atomic E-state index is 2.63. The summed E-state index contributed by atoms with van der Waals surface area (Å²) < 4.78 is 0. The molecular formula is C43H58P2. The van der Waals surface area contributed by atoms with Crippen LogP contribution in [-0.4, -0.2) is 11.3 Å². The minimum Gasteiger partial charge on any atom is -0.0622 e. The van der Waals surface area contributed by atoms with Gasteiger partial charge in [0.15, 0.2) is 0 Å². The van der Waals surface area contributed by atoms with Crippen LogP contribution in [0.2, 0.25) is 0 Å². The van der Waals surface area contributed by atoms with Gasteiger partial charge >= 0.3 is 0 Å². The summed E-state index contributed by atoms with van der Waals surface area (Å²) in [5.41, 5.74) is 12.0. The van der Waals surface area contributed by atoms with Crippen molar-refractivity contribution in [3.8, 4) is 0 Å². The molecule has 0 aliphatic rings. The lowest BCUT2D eigenvalue weighted by Crippen LogP contribution is -2.52. The quantitative estimate of drug-likeness (QED) is 0.152. The van der Waals surface area contributed by atoms with Gasteiger partial charge in [0.05, 0.1) is 0 Å². The first-order valence-electron chi connectivity index (χ1n) is 17.0. The van der Waals surface area contributed by atoms with Crippen molar-refractivity contribution < 1.29 is 0 Å². The van der Waals surface area contributed by atoms with Gasteiger partial charge in [-0.25, -0.2) is 0 Å². The molecule has 0 aliphatic carbocycles. The van der Waals surface area contributed by atoms with Crippen LogP contribution >= 0.6 is 15.8 Å². The summed E-state index contributed by atoms with van der Waals surface area (Å²) in [6, 6.07) is 29.3. The molecule has 0 heterocycles. The van der Waals surface area contributed by atoms with Crippen molar-refractivity contribution in [2.45, 2.75) is 108 Å². The zero-order valence-electron chi connectivity index (χ0n) is 30.6. The summed E-state index contributed by atoms with van der Waals surface area (Å²) in [5.74, 6) is 1.01. The second-order valence-electron chi connectivity index (χ2n) is 14.8. The SMILES string of the molecule is Cc1cc(C)cc(P(c2cc(C)cc(C)c2)C(C)C(C(C)C)(C(C)C)C(C)P(c2cc(C)cc(C)c2)c2cc(C)cc(C)c2)c1. The van der Waals surface area contributed by atoms with Crippen molar-refractivity contribution in [1.82, 2.24) is 0 Å². The fourth-order valence-electron chi connectivity index (χ4n) is 8.94. The van der Waals surface area contributed by atoms with Crippen molar-refractivity contribution in [1.29, 1.82) is 0 Å². The van der Waals surface area contributed by atoms with E-state index in [1.807, 2.05) is 0 Å². The third-order valence-corrected chi connectivity index (χ3v) is 15.9. The second-order valence-corrected chi connectivity index (χ2v) is 19.9. The molecule has 240 valence electrons. The van der Waals surface area contributed by atoms with Crippen LogP contribution in [-0.2, 0) is 0 Å². The van der Waals surface area contributed by atoms with E-state index in [0.29, 0.717) is 23.2 Å². The highest BCUT2D eigenvalue weighted by Crippen LogP contribution is 2.62. The molecule has 0 saturated heterocycles. The molecule has 45 heavy (non-hydrogen) atoms. The normalized spacial score (nSPS) is 13.7. The third-order valence-electron chi connectivity index (χ3n) is 10.2. The molecule has 2 atom stereocenters. The summed E-state index contributed by atoms with van der Waals surface area (Å²) in [7, 11) is -1.28. The van der Waals surface area contributed by atoms with Crippen LogP contribution in [0.5, 0.6) is 0 Å². The van der Waals surface area contributed by atoms with Gasteiger partial charge in [-0.1, -0.05) is 159 Å². The molecule has 0 bridgehead atoms. The highest BCUT2D eigenvalue weighted by molar-refractivity contribution is 7.74. The fraction of sp³-hybridized carbons (Fsp3) is 0.442. The Morgan fingerprint density at radius 1 is 0.333 bits per heavy atom. The molecule has 2 unspecified atom stereocenters. The number of benzene rings is 4. The fourth-order valence-corrected chi connectivity index (χ4v) is 16.7. The number of hydrogen-bond donors (Lipinski definition) is 0. The summed E-state index contributed by atoms with van der Waals surface area (Å²) in [6.45, 7) is 33.6. The van der Waals surface area contributed by atoms with Gasteiger partial charge < -0.3 is 0 Å². The molecule has 2 heteroatoms. The van der Waals surface area contributed by atoms with E-state index in [1.165, 1.54) is 65.7 Å². The van der Waals surface area contributed by atoms with Gasteiger partial charge in [-0.15, -0.1) is 0 Å². The molecular weight excluding hydrogens is 578 g/mol. The van der Waals surface area contributed by atoms with E-state index in [4.69, 9.17) is 0 Å². The van der Waals surface area contributed by atoms with Crippen molar-refractivity contribution in [3.63, 3.8) is 0 Å². The molecule has 0 aromatic heterocycles. The van der Waals surface area contributed by atoms with Gasteiger partial charge in [0.2, 0.25) is 0 Å². The molecule has 0 N–H and O–H groups in total. The average molecular weight is 637 g/mol. The van der Waals surface area contributed by atoms with Crippen LogP contribution in [0, 0.1) is 72.6 Å². The summed E-state index contributed by atoms with van der Waals surface area (Å²) >= 11 is 0. The first kappa shape index (κ1) is 35.6. The topological polar surface area (TPSA) is 0 Å². The van der Waals surface area contributed by atoms with Crippen LogP contribution in [0.15, 0.2) is 72.8 Å². The standard InChI is InChI=1S/C43H58P2/c1-27(2)43(28(3)4,37(13)44(39-19-29(5)15-30(6)20-39)40-21-31(7)16-32(8)22-40)38(14)45(41-23-33(9)17-34(10)24-41)42-25-35(11)18-36(12)26-42/h15-28,37-38H,1-14H3. The molecule has 4 aromatic carbocycles. The molecule has 0 saturated carbocycles. The molecule has 0 radical (unpaired) electrons. The van der Waals surface area contributed by atoms with E-state index in [-0.39, 0.29) is 5.41 Å². The van der Waals surface area contributed by atoms with Crippen molar-refractivity contribution in [3.05, 3.63) is 117 Å². The lowest BCUT2D eigenvalue weighted by molar-refractivity contribution is 0.111. The van der Waals surface area contributed by atoms with Crippen molar-refractivity contribution in [2.75, 3.05) is 0 Å². The molecule has 0 amide bonds. The number of aryl methyl sites for hydroxylation is 8. The Morgan fingerprint density at radius 3 is 0.667 bits per heavy atom. The monoisotopic (exact) mass is 636 g/mol. The Morgan fingerprint density at radius 2 is 0.511 bits per heavy atom. The van der Waals surface area contributed by atoms with E-state index in [1.54, 1.807) is 0 Å². The second kappa shape index (κ2) is 14.2. The van der Waals surface area contributed by atoms with E-state index in [0.717, 1.165) is 0 Å². The van der Waals surface area contributed by atoms with Crippen LogP contribution in [0.4, 0.5) is 0 Å². The average Bonchev–Trinajstić information content (AvgIpc) is 2.86. The first-order valence-corrected chi connectivity index (χ1v) is 19.8. The predicted molar refractivity (Wildman–Crippen MR) is 207 cm³/mol. The van der Waals surface area contributed by atoms with Crippen LogP contribution in [0.25, 0.3) is 0 Å². The Balaban J connectivity index is 2.06. The Kier molecular flexibility index (Phi) is 11.3. The van der Waals surface area contributed by atoms with Gasteiger partial charge in [0.1, 0.15) is 0 Å². The lowest BCUT2D eigenvalue weighted by atomic mass is 9.64. The predicted octanol–water partition coefficient (Wildman–Crippen LogP) is 10.8. The summed E-state index contributed by atoms with van der Waals surface area (Å²) in [5, 5.41) is 6.11. The van der Waals surface area contributed by atoms with Gasteiger partial charge in [-0.2, -0.15) is 0 Å². The third kappa shape index (κ3) is 7.50. The Hall–Kier alpha value is -2.26. The first-order chi connectivity index (χ1) is 21.0. The molecule has 0 spiro atoms. The van der Waals surface area contributed by atoms with Crippen molar-refractivity contribution in [2.24, 2.45) is 17.3 Å². The lowest BCUT2D eigenvalue weighted by Gasteiger charge is -2.55. The maximum Gasteiger partial charge on any atom is -0.00895 e. The minimum absolute atomic E-state index is 0.0853. The highest BCUT2D eigenvalue weighted by atomic mass is 31.1. The van der Waals surface area contributed by atoms with Gasteiger partial charge in [-0.05, 0) is 121 Å². The summed E-state index contributed by atoms with van der Waals surface area (Å²) in [6.07, 6.45) is 0. The zero-order chi connectivity index (χ0) is 33.4. The minimum atomic E-state index is -0.639. The summed E-state index contributed by atoms with van der Waals surface area (Å²) in [4.78, 5) is 0.